The lowest BCUT2D eigenvalue weighted by atomic mass is 10.1. The van der Waals surface area contributed by atoms with Gasteiger partial charge >= 0.3 is 5.97 Å². The highest BCUT2D eigenvalue weighted by molar-refractivity contribution is 5.89. The molecule has 0 radical (unpaired) electrons. The van der Waals surface area contributed by atoms with Gasteiger partial charge in [0.25, 0.3) is 0 Å². The van der Waals surface area contributed by atoms with Crippen LogP contribution in [0.4, 0.5) is 0 Å². The number of ketones is 1. The van der Waals surface area contributed by atoms with Gasteiger partial charge < -0.3 is 5.11 Å². The van der Waals surface area contributed by atoms with Gasteiger partial charge in [-0.15, -0.1) is 0 Å². The van der Waals surface area contributed by atoms with Crippen molar-refractivity contribution in [2.45, 2.75) is 77.6 Å². The minimum absolute atomic E-state index is 0.177. The van der Waals surface area contributed by atoms with E-state index in [4.69, 9.17) is 5.11 Å². The molecule has 1 fully saturated rings. The molecule has 0 aromatic rings. The highest BCUT2D eigenvalue weighted by atomic mass is 16.4. The zero-order valence-corrected chi connectivity index (χ0v) is 14.4. The minimum atomic E-state index is -0.690. The Morgan fingerprint density at radius 1 is 1.09 bits per heavy atom. The standard InChI is InChI=1S/C20H30O3/c1-2-3-6-13-19(21)14-8-5-4-7-11-17-16-18(17)12-9-10-15-20(22)23/h8,14,17-18H,2-3,6-7,9-13,15-16H2,1H3,(H,22,23)/b14-8+. The molecule has 2 atom stereocenters. The summed E-state index contributed by atoms with van der Waals surface area (Å²) in [6, 6.07) is 0. The fourth-order valence-electron chi connectivity index (χ4n) is 2.86. The number of carboxylic acids is 1. The molecule has 2 unspecified atom stereocenters. The maximum absolute atomic E-state index is 11.5. The van der Waals surface area contributed by atoms with Crippen molar-refractivity contribution in [2.24, 2.45) is 11.8 Å². The predicted octanol–water partition coefficient (Wildman–Crippen LogP) is 4.76. The van der Waals surface area contributed by atoms with Crippen molar-refractivity contribution in [3.8, 4) is 11.8 Å². The molecule has 23 heavy (non-hydrogen) atoms. The molecule has 1 saturated carbocycles. The first kappa shape index (κ1) is 19.5. The summed E-state index contributed by atoms with van der Waals surface area (Å²) in [5.74, 6) is 7.13. The summed E-state index contributed by atoms with van der Waals surface area (Å²) >= 11 is 0. The molecule has 0 aromatic carbocycles. The number of rotatable bonds is 12. The molecule has 1 rings (SSSR count). The van der Waals surface area contributed by atoms with Gasteiger partial charge in [-0.05, 0) is 49.7 Å². The number of carbonyl (C=O) groups is 2. The van der Waals surface area contributed by atoms with E-state index in [2.05, 4.69) is 18.8 Å². The first-order chi connectivity index (χ1) is 11.1. The van der Waals surface area contributed by atoms with Gasteiger partial charge in [-0.2, -0.15) is 0 Å². The zero-order chi connectivity index (χ0) is 16.9. The highest BCUT2D eigenvalue weighted by Crippen LogP contribution is 2.45. The third kappa shape index (κ3) is 10.7. The number of carbonyl (C=O) groups excluding carboxylic acids is 1. The summed E-state index contributed by atoms with van der Waals surface area (Å²) in [7, 11) is 0. The van der Waals surface area contributed by atoms with Gasteiger partial charge in [0.05, 0.1) is 0 Å². The van der Waals surface area contributed by atoms with Crippen molar-refractivity contribution >= 4 is 11.8 Å². The molecule has 0 aliphatic heterocycles. The minimum Gasteiger partial charge on any atom is -0.481 e. The Hall–Kier alpha value is -1.56. The van der Waals surface area contributed by atoms with Gasteiger partial charge in [0.1, 0.15) is 0 Å². The summed E-state index contributed by atoms with van der Waals surface area (Å²) in [6.45, 7) is 2.13. The molecule has 0 spiro atoms. The molecule has 0 bridgehead atoms. The van der Waals surface area contributed by atoms with Crippen LogP contribution in [0, 0.1) is 23.7 Å². The largest absolute Gasteiger partial charge is 0.481 e. The molecule has 0 aromatic heterocycles. The van der Waals surface area contributed by atoms with Gasteiger partial charge in [0.2, 0.25) is 0 Å². The lowest BCUT2D eigenvalue weighted by Gasteiger charge is -1.98. The monoisotopic (exact) mass is 318 g/mol. The fraction of sp³-hybridized carbons (Fsp3) is 0.700. The predicted molar refractivity (Wildman–Crippen MR) is 93.0 cm³/mol. The molecular weight excluding hydrogens is 288 g/mol. The topological polar surface area (TPSA) is 54.4 Å². The van der Waals surface area contributed by atoms with Crippen molar-refractivity contribution in [3.63, 3.8) is 0 Å². The molecule has 128 valence electrons. The van der Waals surface area contributed by atoms with E-state index in [1.807, 2.05) is 0 Å². The average molecular weight is 318 g/mol. The number of hydrogen-bond acceptors (Lipinski definition) is 2. The summed E-state index contributed by atoms with van der Waals surface area (Å²) < 4.78 is 0. The Morgan fingerprint density at radius 3 is 2.57 bits per heavy atom. The number of aliphatic carboxylic acids is 1. The Labute approximate surface area is 140 Å². The van der Waals surface area contributed by atoms with E-state index < -0.39 is 5.97 Å². The van der Waals surface area contributed by atoms with E-state index in [9.17, 15) is 9.59 Å². The lowest BCUT2D eigenvalue weighted by Crippen LogP contribution is -1.94. The summed E-state index contributed by atoms with van der Waals surface area (Å²) in [4.78, 5) is 21.9. The third-order valence-corrected chi connectivity index (χ3v) is 4.41. The van der Waals surface area contributed by atoms with Gasteiger partial charge in [-0.3, -0.25) is 9.59 Å². The lowest BCUT2D eigenvalue weighted by molar-refractivity contribution is -0.137. The number of allylic oxidation sites excluding steroid dienone is 2. The van der Waals surface area contributed by atoms with Crippen molar-refractivity contribution < 1.29 is 14.7 Å². The molecule has 0 saturated heterocycles. The second kappa shape index (κ2) is 11.9. The number of carboxylic acid groups (broad SMARTS) is 1. The molecule has 0 amide bonds. The molecule has 1 aliphatic carbocycles. The first-order valence-electron chi connectivity index (χ1n) is 9.03. The Bertz CT molecular complexity index is 453. The Balaban J connectivity index is 1.99. The molecule has 3 nitrogen and oxygen atoms in total. The summed E-state index contributed by atoms with van der Waals surface area (Å²) in [6.07, 6.45) is 13.7. The van der Waals surface area contributed by atoms with Crippen molar-refractivity contribution in [3.05, 3.63) is 12.2 Å². The average Bonchev–Trinajstić information content (AvgIpc) is 3.26. The molecule has 0 heterocycles. The highest BCUT2D eigenvalue weighted by Gasteiger charge is 2.35. The second-order valence-corrected chi connectivity index (χ2v) is 6.51. The van der Waals surface area contributed by atoms with Crippen LogP contribution in [-0.2, 0) is 9.59 Å². The third-order valence-electron chi connectivity index (χ3n) is 4.41. The van der Waals surface area contributed by atoms with Crippen LogP contribution in [0.3, 0.4) is 0 Å². The summed E-state index contributed by atoms with van der Waals surface area (Å²) in [5.41, 5.74) is 0. The maximum atomic E-state index is 11.5. The van der Waals surface area contributed by atoms with E-state index in [1.54, 1.807) is 12.2 Å². The zero-order valence-electron chi connectivity index (χ0n) is 14.4. The second-order valence-electron chi connectivity index (χ2n) is 6.51. The van der Waals surface area contributed by atoms with Crippen LogP contribution in [0.1, 0.15) is 77.6 Å². The summed E-state index contributed by atoms with van der Waals surface area (Å²) in [5, 5.41) is 8.58. The van der Waals surface area contributed by atoms with Crippen molar-refractivity contribution in [2.75, 3.05) is 0 Å². The van der Waals surface area contributed by atoms with E-state index in [-0.39, 0.29) is 5.78 Å². The van der Waals surface area contributed by atoms with Gasteiger partial charge in [-0.1, -0.05) is 44.4 Å². The Kier molecular flexibility index (Phi) is 10.1. The maximum Gasteiger partial charge on any atom is 0.303 e. The van der Waals surface area contributed by atoms with Crippen LogP contribution < -0.4 is 0 Å². The normalized spacial score (nSPS) is 19.3. The SMILES string of the molecule is CCCCCC(=O)/C=C/C#CCCC1CC1CCCCC(=O)O. The van der Waals surface area contributed by atoms with Crippen LogP contribution in [0.15, 0.2) is 12.2 Å². The smallest absolute Gasteiger partial charge is 0.303 e. The fourth-order valence-corrected chi connectivity index (χ4v) is 2.86. The number of hydrogen-bond donors (Lipinski definition) is 1. The van der Waals surface area contributed by atoms with Crippen LogP contribution in [-0.4, -0.2) is 16.9 Å². The van der Waals surface area contributed by atoms with Crippen LogP contribution in [0.2, 0.25) is 0 Å². The molecule has 1 aliphatic rings. The molecule has 3 heteroatoms. The van der Waals surface area contributed by atoms with Gasteiger partial charge in [0, 0.05) is 19.3 Å². The van der Waals surface area contributed by atoms with E-state index >= 15 is 0 Å². The van der Waals surface area contributed by atoms with Crippen LogP contribution in [0.5, 0.6) is 0 Å². The van der Waals surface area contributed by atoms with E-state index in [1.165, 1.54) is 6.42 Å². The van der Waals surface area contributed by atoms with Gasteiger partial charge in [0.15, 0.2) is 5.78 Å². The van der Waals surface area contributed by atoms with E-state index in [0.29, 0.717) is 12.8 Å². The van der Waals surface area contributed by atoms with Gasteiger partial charge in [-0.25, -0.2) is 0 Å². The quantitative estimate of drug-likeness (QED) is 0.321. The number of unbranched alkanes of at least 4 members (excludes halogenated alkanes) is 3. The van der Waals surface area contributed by atoms with E-state index in [0.717, 1.165) is 63.2 Å². The Morgan fingerprint density at radius 2 is 1.83 bits per heavy atom. The molecule has 1 N–H and O–H groups in total. The van der Waals surface area contributed by atoms with Crippen molar-refractivity contribution in [1.82, 2.24) is 0 Å². The van der Waals surface area contributed by atoms with Crippen LogP contribution in [0.25, 0.3) is 0 Å². The van der Waals surface area contributed by atoms with Crippen molar-refractivity contribution in [1.29, 1.82) is 0 Å². The van der Waals surface area contributed by atoms with Crippen LogP contribution >= 0.6 is 0 Å². The molecular formula is C20H30O3. The first-order valence-corrected chi connectivity index (χ1v) is 9.03.